The molecule has 6 rings (SSSR count). The zero-order valence-corrected chi connectivity index (χ0v) is 22.8. The summed E-state index contributed by atoms with van der Waals surface area (Å²) in [4.78, 5) is 68.8. The first-order valence-corrected chi connectivity index (χ1v) is 13.4. The van der Waals surface area contributed by atoms with Crippen molar-refractivity contribution in [3.8, 4) is 5.75 Å². The molecule has 11 heteroatoms. The van der Waals surface area contributed by atoms with Gasteiger partial charge in [-0.1, -0.05) is 48.0 Å². The second-order valence-corrected chi connectivity index (χ2v) is 10.5. The van der Waals surface area contributed by atoms with Gasteiger partial charge in [-0.2, -0.15) is 0 Å². The number of allylic oxidation sites excluding steroid dienone is 2. The number of nitrogens with zero attached hydrogens (tertiary/aromatic N) is 3. The van der Waals surface area contributed by atoms with E-state index < -0.39 is 46.4 Å². The van der Waals surface area contributed by atoms with Gasteiger partial charge in [-0.15, -0.1) is 0 Å². The molecule has 210 valence electrons. The minimum absolute atomic E-state index is 0.0822. The molecular weight excluding hydrogens is 562 g/mol. The number of Topliss-reactive ketones (excluding diaryl/α,β-unsaturated/α-hetero) is 2. The van der Waals surface area contributed by atoms with E-state index in [1.54, 1.807) is 77.8 Å². The van der Waals surface area contributed by atoms with Crippen molar-refractivity contribution in [3.05, 3.63) is 123 Å². The van der Waals surface area contributed by atoms with Gasteiger partial charge in [0.1, 0.15) is 17.5 Å². The van der Waals surface area contributed by atoms with E-state index in [1.165, 1.54) is 19.2 Å². The molecule has 3 aromatic carbocycles. The van der Waals surface area contributed by atoms with Crippen molar-refractivity contribution in [1.29, 1.82) is 0 Å². The molecule has 0 aliphatic carbocycles. The summed E-state index contributed by atoms with van der Waals surface area (Å²) >= 11 is 6.03. The third-order valence-electron chi connectivity index (χ3n) is 7.86. The van der Waals surface area contributed by atoms with Crippen LogP contribution in [0.15, 0.2) is 96.7 Å². The normalized spacial score (nSPS) is 22.5. The number of carbonyl (C=O) groups excluding carboxylic acids is 4. The summed E-state index contributed by atoms with van der Waals surface area (Å²) in [6.07, 6.45) is 4.77. The Morgan fingerprint density at radius 1 is 0.929 bits per heavy atom. The number of hydrogen-bond acceptors (Lipinski definition) is 8. The number of non-ortho nitro benzene ring substituents is 1. The van der Waals surface area contributed by atoms with Crippen molar-refractivity contribution in [2.75, 3.05) is 12.0 Å². The number of ether oxygens (including phenoxy) is 1. The summed E-state index contributed by atoms with van der Waals surface area (Å²) in [5.41, 5.74) is 0.625. The lowest BCUT2D eigenvalue weighted by atomic mass is 9.85. The van der Waals surface area contributed by atoms with Crippen LogP contribution in [0.5, 0.6) is 5.75 Å². The summed E-state index contributed by atoms with van der Waals surface area (Å²) in [6.45, 7) is 0. The summed E-state index contributed by atoms with van der Waals surface area (Å²) in [5.74, 6) is -4.13. The lowest BCUT2D eigenvalue weighted by Crippen LogP contribution is -2.46. The summed E-state index contributed by atoms with van der Waals surface area (Å²) < 4.78 is 5.34. The second kappa shape index (κ2) is 10.4. The van der Waals surface area contributed by atoms with Crippen LogP contribution >= 0.6 is 11.6 Å². The molecule has 0 aromatic heterocycles. The van der Waals surface area contributed by atoms with Crippen molar-refractivity contribution in [2.24, 2.45) is 11.8 Å². The van der Waals surface area contributed by atoms with Crippen molar-refractivity contribution < 1.29 is 28.8 Å². The highest BCUT2D eigenvalue weighted by molar-refractivity contribution is 6.30. The van der Waals surface area contributed by atoms with E-state index in [9.17, 15) is 29.3 Å². The third kappa shape index (κ3) is 4.27. The molecule has 2 saturated heterocycles. The molecule has 2 amide bonds. The third-order valence-corrected chi connectivity index (χ3v) is 8.11. The fourth-order valence-electron chi connectivity index (χ4n) is 5.94. The van der Waals surface area contributed by atoms with Crippen LogP contribution < -0.4 is 9.64 Å². The van der Waals surface area contributed by atoms with E-state index in [0.29, 0.717) is 21.7 Å². The van der Waals surface area contributed by atoms with E-state index in [1.807, 2.05) is 0 Å². The van der Waals surface area contributed by atoms with Crippen molar-refractivity contribution >= 4 is 46.4 Å². The van der Waals surface area contributed by atoms with Crippen LogP contribution in [0.25, 0.3) is 0 Å². The zero-order chi connectivity index (χ0) is 29.7. The second-order valence-electron chi connectivity index (χ2n) is 10.1. The Balaban J connectivity index is 1.46. The van der Waals surface area contributed by atoms with E-state index in [2.05, 4.69) is 0 Å². The van der Waals surface area contributed by atoms with Gasteiger partial charge in [-0.3, -0.25) is 29.3 Å². The first kappa shape index (κ1) is 27.1. The first-order valence-electron chi connectivity index (χ1n) is 13.0. The number of ketones is 2. The van der Waals surface area contributed by atoms with Crippen LogP contribution in [0.1, 0.15) is 20.7 Å². The summed E-state index contributed by atoms with van der Waals surface area (Å²) in [6, 6.07) is 16.5. The summed E-state index contributed by atoms with van der Waals surface area (Å²) in [5, 5.41) is 11.9. The topological polar surface area (TPSA) is 127 Å². The number of anilines is 1. The highest BCUT2D eigenvalue weighted by Crippen LogP contribution is 2.49. The van der Waals surface area contributed by atoms with Gasteiger partial charge in [-0.05, 0) is 36.4 Å². The zero-order valence-electron chi connectivity index (χ0n) is 22.0. The maximum atomic E-state index is 14.1. The first-order chi connectivity index (χ1) is 20.2. The van der Waals surface area contributed by atoms with Crippen molar-refractivity contribution in [1.82, 2.24) is 4.90 Å². The number of fused-ring (bicyclic) bond motifs is 3. The number of amides is 2. The Hall–Kier alpha value is -5.09. The number of imide groups is 1. The fraction of sp³-hybridized carbons (Fsp3) is 0.161. The van der Waals surface area contributed by atoms with E-state index in [4.69, 9.17) is 16.3 Å². The molecule has 42 heavy (non-hydrogen) atoms. The number of methoxy groups -OCH3 is 1. The number of nitro groups is 1. The molecule has 4 unspecified atom stereocenters. The largest absolute Gasteiger partial charge is 0.495 e. The molecule has 0 spiro atoms. The van der Waals surface area contributed by atoms with Gasteiger partial charge in [-0.25, -0.2) is 4.90 Å². The smallest absolute Gasteiger partial charge is 0.271 e. The van der Waals surface area contributed by atoms with Crippen LogP contribution in [0.3, 0.4) is 0 Å². The predicted molar refractivity (Wildman–Crippen MR) is 152 cm³/mol. The Bertz CT molecular complexity index is 1720. The van der Waals surface area contributed by atoms with Gasteiger partial charge in [0.15, 0.2) is 11.6 Å². The maximum absolute atomic E-state index is 14.1. The molecule has 10 nitrogen and oxygen atoms in total. The lowest BCUT2D eigenvalue weighted by molar-refractivity contribution is -0.384. The van der Waals surface area contributed by atoms with Gasteiger partial charge in [0.2, 0.25) is 11.8 Å². The Kier molecular flexibility index (Phi) is 6.70. The monoisotopic (exact) mass is 583 g/mol. The van der Waals surface area contributed by atoms with Crippen molar-refractivity contribution in [2.45, 2.75) is 12.1 Å². The Morgan fingerprint density at radius 2 is 1.62 bits per heavy atom. The molecule has 3 aliphatic rings. The number of hydrogen-bond donors (Lipinski definition) is 0. The minimum atomic E-state index is -1.14. The average molecular weight is 584 g/mol. The SMILES string of the molecule is COc1ccc([N+](=O)[O-])cc1N1C(=O)C2C(C1=O)C(C(=O)c1ccc(Cl)cc1)N1C=CC(C(=O)c3ccccc3)=CC21. The van der Waals surface area contributed by atoms with Crippen LogP contribution in [0, 0.1) is 22.0 Å². The highest BCUT2D eigenvalue weighted by atomic mass is 35.5. The molecule has 3 heterocycles. The Morgan fingerprint density at radius 3 is 2.29 bits per heavy atom. The lowest BCUT2D eigenvalue weighted by Gasteiger charge is -2.33. The molecule has 2 fully saturated rings. The number of halogens is 1. The van der Waals surface area contributed by atoms with E-state index >= 15 is 0 Å². The number of rotatable bonds is 7. The predicted octanol–water partition coefficient (Wildman–Crippen LogP) is 4.63. The molecule has 3 aromatic rings. The molecule has 0 radical (unpaired) electrons. The standard InChI is InChI=1S/C31H22ClN3O7/c1-42-24-12-11-21(35(40)41)16-22(24)34-30(38)25-23-15-19(28(36)17-5-3-2-4-6-17)13-14-33(23)27(26(25)31(34)39)29(37)18-7-9-20(32)10-8-18/h2-16,23,25-27H,1H3. The van der Waals surface area contributed by atoms with Crippen LogP contribution in [0.2, 0.25) is 5.02 Å². The van der Waals surface area contributed by atoms with Gasteiger partial charge in [0.05, 0.1) is 29.9 Å². The van der Waals surface area contributed by atoms with Crippen LogP contribution in [-0.2, 0) is 9.59 Å². The number of nitro benzene ring substituents is 1. The highest BCUT2D eigenvalue weighted by Gasteiger charge is 2.64. The quantitative estimate of drug-likeness (QED) is 0.170. The fourth-order valence-corrected chi connectivity index (χ4v) is 6.07. The molecule has 0 N–H and O–H groups in total. The average Bonchev–Trinajstić information content (AvgIpc) is 3.48. The maximum Gasteiger partial charge on any atom is 0.271 e. The van der Waals surface area contributed by atoms with E-state index in [0.717, 1.165) is 11.0 Å². The van der Waals surface area contributed by atoms with E-state index in [-0.39, 0.29) is 22.9 Å². The summed E-state index contributed by atoms with van der Waals surface area (Å²) in [7, 11) is 1.32. The van der Waals surface area contributed by atoms with Crippen molar-refractivity contribution in [3.63, 3.8) is 0 Å². The molecule has 3 aliphatic heterocycles. The minimum Gasteiger partial charge on any atom is -0.495 e. The van der Waals surface area contributed by atoms with Gasteiger partial charge in [0.25, 0.3) is 5.69 Å². The van der Waals surface area contributed by atoms with Gasteiger partial charge in [0, 0.05) is 40.1 Å². The number of benzene rings is 3. The van der Waals surface area contributed by atoms with Crippen LogP contribution in [-0.4, -0.2) is 52.4 Å². The molecule has 0 bridgehead atoms. The number of carbonyl (C=O) groups is 4. The van der Waals surface area contributed by atoms with Crippen LogP contribution in [0.4, 0.5) is 11.4 Å². The van der Waals surface area contributed by atoms with Gasteiger partial charge < -0.3 is 9.64 Å². The molecular formula is C31H22ClN3O7. The molecule has 0 saturated carbocycles. The van der Waals surface area contributed by atoms with Gasteiger partial charge >= 0.3 is 0 Å². The molecule has 4 atom stereocenters. The Labute approximate surface area is 244 Å².